The van der Waals surface area contributed by atoms with E-state index >= 15 is 0 Å². The first-order valence-corrected chi connectivity index (χ1v) is 7.35. The number of thiophene rings is 1. The molecule has 18 heavy (non-hydrogen) atoms. The number of nitrogens with zero attached hydrogens (tertiary/aromatic N) is 2. The van der Waals surface area contributed by atoms with Crippen molar-refractivity contribution >= 4 is 11.3 Å². The summed E-state index contributed by atoms with van der Waals surface area (Å²) in [6, 6.07) is 2.18. The van der Waals surface area contributed by atoms with Gasteiger partial charge in [-0.25, -0.2) is 0 Å². The average molecular weight is 261 g/mol. The maximum absolute atomic E-state index is 6.22. The third-order valence-electron chi connectivity index (χ3n) is 4.02. The molecule has 2 N–H and O–H groups in total. The van der Waals surface area contributed by atoms with Gasteiger partial charge in [-0.3, -0.25) is 0 Å². The van der Waals surface area contributed by atoms with Crippen molar-refractivity contribution in [3.05, 3.63) is 22.8 Å². The van der Waals surface area contributed by atoms with Gasteiger partial charge in [0.2, 0.25) is 0 Å². The van der Waals surface area contributed by atoms with E-state index in [-0.39, 0.29) is 5.54 Å². The van der Waals surface area contributed by atoms with Gasteiger partial charge in [-0.2, -0.15) is 4.98 Å². The van der Waals surface area contributed by atoms with E-state index in [1.165, 1.54) is 18.4 Å². The Morgan fingerprint density at radius 3 is 2.89 bits per heavy atom. The topological polar surface area (TPSA) is 64.9 Å². The smallest absolute Gasteiger partial charge is 0.268 e. The van der Waals surface area contributed by atoms with Gasteiger partial charge in [0, 0.05) is 0 Å². The van der Waals surface area contributed by atoms with Crippen molar-refractivity contribution < 1.29 is 4.52 Å². The normalized spacial score (nSPS) is 21.8. The molecule has 0 aromatic carbocycles. The van der Waals surface area contributed by atoms with Gasteiger partial charge in [-0.1, -0.05) is 5.16 Å². The molecule has 0 saturated heterocycles. The summed E-state index contributed by atoms with van der Waals surface area (Å²) in [7, 11) is 0. The molecule has 2 aromatic heterocycles. The molecule has 0 bridgehead atoms. The first-order chi connectivity index (χ1) is 8.76. The molecule has 0 atom stereocenters. The van der Waals surface area contributed by atoms with Crippen LogP contribution in [-0.4, -0.2) is 10.1 Å². The minimum atomic E-state index is -0.335. The van der Waals surface area contributed by atoms with Crippen molar-refractivity contribution in [2.45, 2.75) is 43.6 Å². The van der Waals surface area contributed by atoms with Crippen LogP contribution in [0.5, 0.6) is 0 Å². The standard InChI is InChI=1S/C13H15N3OS/c14-13(5-1-6-13)12-15-11(17-16-12)10-9(4-7-18-10)8-2-3-8/h4,7-8H,1-3,5-6,14H2. The molecule has 5 heteroatoms. The van der Waals surface area contributed by atoms with E-state index in [0.717, 1.165) is 24.1 Å². The highest BCUT2D eigenvalue weighted by Crippen LogP contribution is 2.46. The third kappa shape index (κ3) is 1.54. The maximum atomic E-state index is 6.22. The zero-order valence-corrected chi connectivity index (χ0v) is 10.9. The van der Waals surface area contributed by atoms with Crippen molar-refractivity contribution in [1.82, 2.24) is 10.1 Å². The van der Waals surface area contributed by atoms with Gasteiger partial charge in [0.25, 0.3) is 5.89 Å². The second-order valence-electron chi connectivity index (χ2n) is 5.41. The molecule has 0 unspecified atom stereocenters. The van der Waals surface area contributed by atoms with Crippen LogP contribution in [0.2, 0.25) is 0 Å². The zero-order chi connectivity index (χ0) is 12.2. The van der Waals surface area contributed by atoms with E-state index in [4.69, 9.17) is 10.3 Å². The Balaban J connectivity index is 1.70. The molecule has 2 saturated carbocycles. The van der Waals surface area contributed by atoms with E-state index in [9.17, 15) is 0 Å². The van der Waals surface area contributed by atoms with Crippen molar-refractivity contribution in [3.8, 4) is 10.8 Å². The molecule has 0 spiro atoms. The maximum Gasteiger partial charge on any atom is 0.268 e. The molecule has 2 aromatic rings. The highest BCUT2D eigenvalue weighted by molar-refractivity contribution is 7.13. The fourth-order valence-electron chi connectivity index (χ4n) is 2.51. The van der Waals surface area contributed by atoms with Crippen molar-refractivity contribution in [2.75, 3.05) is 0 Å². The van der Waals surface area contributed by atoms with Gasteiger partial charge < -0.3 is 10.3 Å². The lowest BCUT2D eigenvalue weighted by atomic mass is 9.77. The highest BCUT2D eigenvalue weighted by atomic mass is 32.1. The van der Waals surface area contributed by atoms with Crippen LogP contribution in [0.15, 0.2) is 16.0 Å². The van der Waals surface area contributed by atoms with Gasteiger partial charge in [-0.05, 0) is 55.0 Å². The van der Waals surface area contributed by atoms with Gasteiger partial charge in [0.15, 0.2) is 5.82 Å². The van der Waals surface area contributed by atoms with E-state index in [2.05, 4.69) is 21.6 Å². The Hall–Kier alpha value is -1.20. The fraction of sp³-hybridized carbons (Fsp3) is 0.538. The summed E-state index contributed by atoms with van der Waals surface area (Å²) in [5.74, 6) is 2.04. The molecular weight excluding hydrogens is 246 g/mol. The Labute approximate surface area is 109 Å². The van der Waals surface area contributed by atoms with Crippen LogP contribution in [0.3, 0.4) is 0 Å². The fourth-order valence-corrected chi connectivity index (χ4v) is 3.41. The Morgan fingerprint density at radius 1 is 1.39 bits per heavy atom. The molecule has 0 amide bonds. The first kappa shape index (κ1) is 10.7. The van der Waals surface area contributed by atoms with Crippen molar-refractivity contribution in [1.29, 1.82) is 0 Å². The molecule has 0 aliphatic heterocycles. The lowest BCUT2D eigenvalue weighted by Gasteiger charge is -2.34. The summed E-state index contributed by atoms with van der Waals surface area (Å²) in [4.78, 5) is 5.66. The van der Waals surface area contributed by atoms with Gasteiger partial charge in [-0.15, -0.1) is 11.3 Å². The van der Waals surface area contributed by atoms with Crippen LogP contribution in [0.4, 0.5) is 0 Å². The molecule has 4 nitrogen and oxygen atoms in total. The molecule has 0 radical (unpaired) electrons. The van der Waals surface area contributed by atoms with Crippen LogP contribution in [0.25, 0.3) is 10.8 Å². The summed E-state index contributed by atoms with van der Waals surface area (Å²) in [6.45, 7) is 0. The Morgan fingerprint density at radius 2 is 2.22 bits per heavy atom. The summed E-state index contributed by atoms with van der Waals surface area (Å²) in [5, 5.41) is 6.19. The quantitative estimate of drug-likeness (QED) is 0.922. The predicted molar refractivity (Wildman–Crippen MR) is 69.3 cm³/mol. The third-order valence-corrected chi connectivity index (χ3v) is 4.94. The Bertz CT molecular complexity index is 581. The second kappa shape index (κ2) is 3.65. The first-order valence-electron chi connectivity index (χ1n) is 6.47. The summed E-state index contributed by atoms with van der Waals surface area (Å²) >= 11 is 1.68. The number of hydrogen-bond donors (Lipinski definition) is 1. The Kier molecular flexibility index (Phi) is 2.17. The van der Waals surface area contributed by atoms with Gasteiger partial charge in [0.05, 0.1) is 10.4 Å². The number of rotatable bonds is 3. The number of aromatic nitrogens is 2. The molecule has 2 fully saturated rings. The van der Waals surface area contributed by atoms with Crippen LogP contribution in [-0.2, 0) is 5.54 Å². The largest absolute Gasteiger partial charge is 0.333 e. The van der Waals surface area contributed by atoms with Gasteiger partial charge >= 0.3 is 0 Å². The molecular formula is C13H15N3OS. The summed E-state index contributed by atoms with van der Waals surface area (Å²) < 4.78 is 5.42. The second-order valence-corrected chi connectivity index (χ2v) is 6.33. The molecule has 94 valence electrons. The number of nitrogens with two attached hydrogens (primary N) is 1. The SMILES string of the molecule is NC1(c2noc(-c3sccc3C3CC3)n2)CCC1. The lowest BCUT2D eigenvalue weighted by molar-refractivity contribution is 0.229. The zero-order valence-electron chi connectivity index (χ0n) is 10.1. The molecule has 2 aliphatic carbocycles. The van der Waals surface area contributed by atoms with Crippen LogP contribution >= 0.6 is 11.3 Å². The van der Waals surface area contributed by atoms with E-state index in [1.807, 2.05) is 0 Å². The lowest BCUT2D eigenvalue weighted by Crippen LogP contribution is -2.44. The monoisotopic (exact) mass is 261 g/mol. The van der Waals surface area contributed by atoms with Crippen LogP contribution in [0, 0.1) is 0 Å². The number of hydrogen-bond acceptors (Lipinski definition) is 5. The molecule has 2 aliphatic rings. The van der Waals surface area contributed by atoms with Crippen LogP contribution < -0.4 is 5.73 Å². The summed E-state index contributed by atoms with van der Waals surface area (Å²) in [5.41, 5.74) is 7.26. The minimum absolute atomic E-state index is 0.335. The van der Waals surface area contributed by atoms with Crippen molar-refractivity contribution in [3.63, 3.8) is 0 Å². The summed E-state index contributed by atoms with van der Waals surface area (Å²) in [6.07, 6.45) is 5.65. The van der Waals surface area contributed by atoms with Gasteiger partial charge in [0.1, 0.15) is 0 Å². The van der Waals surface area contributed by atoms with Crippen LogP contribution in [0.1, 0.15) is 49.4 Å². The molecule has 4 rings (SSSR count). The van der Waals surface area contributed by atoms with E-state index in [1.54, 1.807) is 11.3 Å². The highest BCUT2D eigenvalue weighted by Gasteiger charge is 2.39. The van der Waals surface area contributed by atoms with Crippen molar-refractivity contribution in [2.24, 2.45) is 5.73 Å². The van der Waals surface area contributed by atoms with E-state index in [0.29, 0.717) is 17.6 Å². The average Bonchev–Trinajstić information content (AvgIpc) is 2.89. The minimum Gasteiger partial charge on any atom is -0.333 e. The van der Waals surface area contributed by atoms with E-state index < -0.39 is 0 Å². The predicted octanol–water partition coefficient (Wildman–Crippen LogP) is 3.01. The molecule has 2 heterocycles.